The van der Waals surface area contributed by atoms with Crippen LogP contribution in [-0.2, 0) is 6.42 Å². The van der Waals surface area contributed by atoms with Gasteiger partial charge in [-0.2, -0.15) is 0 Å². The Bertz CT molecular complexity index is 644. The van der Waals surface area contributed by atoms with Crippen molar-refractivity contribution in [3.63, 3.8) is 0 Å². The molecule has 0 saturated heterocycles. The number of hydrogen-bond donors (Lipinski definition) is 1. The van der Waals surface area contributed by atoms with Crippen molar-refractivity contribution >= 4 is 0 Å². The van der Waals surface area contributed by atoms with Gasteiger partial charge in [-0.15, -0.1) is 0 Å². The quantitative estimate of drug-likeness (QED) is 0.937. The fourth-order valence-corrected chi connectivity index (χ4v) is 2.86. The summed E-state index contributed by atoms with van der Waals surface area (Å²) in [5.41, 5.74) is 2.36. The van der Waals surface area contributed by atoms with Crippen LogP contribution in [0.4, 0.5) is 4.39 Å². The third-order valence-electron chi connectivity index (χ3n) is 3.91. The van der Waals surface area contributed by atoms with E-state index in [0.29, 0.717) is 5.75 Å². The van der Waals surface area contributed by atoms with Crippen LogP contribution in [0.3, 0.4) is 0 Å². The SMILES string of the molecule is CNC1c2cc(OC)ccc2CC1Oc1ccccc1F. The van der Waals surface area contributed by atoms with Crippen LogP contribution in [0, 0.1) is 5.82 Å². The second-order valence-electron chi connectivity index (χ2n) is 5.12. The molecule has 3 rings (SSSR count). The van der Waals surface area contributed by atoms with E-state index in [2.05, 4.69) is 5.32 Å². The molecule has 0 spiro atoms. The first kappa shape index (κ1) is 13.9. The van der Waals surface area contributed by atoms with E-state index in [1.165, 1.54) is 11.6 Å². The maximum Gasteiger partial charge on any atom is 0.165 e. The van der Waals surface area contributed by atoms with Crippen molar-refractivity contribution in [3.8, 4) is 11.5 Å². The van der Waals surface area contributed by atoms with Crippen molar-refractivity contribution in [2.45, 2.75) is 18.6 Å². The molecular formula is C17H18FNO2. The van der Waals surface area contributed by atoms with Crippen molar-refractivity contribution in [2.24, 2.45) is 0 Å². The van der Waals surface area contributed by atoms with Crippen molar-refractivity contribution in [1.29, 1.82) is 0 Å². The largest absolute Gasteiger partial charge is 0.497 e. The van der Waals surface area contributed by atoms with Crippen molar-refractivity contribution in [1.82, 2.24) is 5.32 Å². The number of methoxy groups -OCH3 is 1. The number of hydrogen-bond acceptors (Lipinski definition) is 3. The molecule has 0 heterocycles. The van der Waals surface area contributed by atoms with Gasteiger partial charge in [0.1, 0.15) is 11.9 Å². The second kappa shape index (κ2) is 5.74. The Morgan fingerprint density at radius 3 is 2.71 bits per heavy atom. The molecule has 0 bridgehead atoms. The lowest BCUT2D eigenvalue weighted by atomic mass is 10.1. The van der Waals surface area contributed by atoms with Crippen molar-refractivity contribution in [3.05, 3.63) is 59.4 Å². The number of para-hydroxylation sites is 1. The van der Waals surface area contributed by atoms with E-state index in [1.807, 2.05) is 25.2 Å². The van der Waals surface area contributed by atoms with Crippen molar-refractivity contribution in [2.75, 3.05) is 14.2 Å². The van der Waals surface area contributed by atoms with Gasteiger partial charge in [0.25, 0.3) is 0 Å². The molecule has 1 N–H and O–H groups in total. The molecule has 110 valence electrons. The zero-order valence-corrected chi connectivity index (χ0v) is 12.1. The summed E-state index contributed by atoms with van der Waals surface area (Å²) in [5.74, 6) is 0.781. The maximum absolute atomic E-state index is 13.8. The van der Waals surface area contributed by atoms with Crippen LogP contribution in [0.2, 0.25) is 0 Å². The molecule has 2 unspecified atom stereocenters. The summed E-state index contributed by atoms with van der Waals surface area (Å²) in [6.45, 7) is 0. The molecule has 0 radical (unpaired) electrons. The summed E-state index contributed by atoms with van der Waals surface area (Å²) in [4.78, 5) is 0. The normalized spacial score (nSPS) is 20.1. The Hall–Kier alpha value is -2.07. The van der Waals surface area contributed by atoms with Crippen molar-refractivity contribution < 1.29 is 13.9 Å². The highest BCUT2D eigenvalue weighted by Gasteiger charge is 2.33. The Balaban J connectivity index is 1.87. The van der Waals surface area contributed by atoms with E-state index in [9.17, 15) is 4.39 Å². The van der Waals surface area contributed by atoms with Gasteiger partial charge in [0.15, 0.2) is 11.6 Å². The smallest absolute Gasteiger partial charge is 0.165 e. The average molecular weight is 287 g/mol. The summed E-state index contributed by atoms with van der Waals surface area (Å²) in [6, 6.07) is 12.5. The molecule has 0 aliphatic heterocycles. The predicted molar refractivity (Wildman–Crippen MR) is 79.3 cm³/mol. The van der Waals surface area contributed by atoms with Gasteiger partial charge in [-0.05, 0) is 42.4 Å². The number of fused-ring (bicyclic) bond motifs is 1. The van der Waals surface area contributed by atoms with Gasteiger partial charge in [-0.3, -0.25) is 0 Å². The van der Waals surface area contributed by atoms with E-state index in [-0.39, 0.29) is 18.0 Å². The molecule has 2 aromatic carbocycles. The van der Waals surface area contributed by atoms with Crippen LogP contribution in [-0.4, -0.2) is 20.3 Å². The molecule has 4 heteroatoms. The molecule has 0 saturated carbocycles. The van der Waals surface area contributed by atoms with Gasteiger partial charge < -0.3 is 14.8 Å². The van der Waals surface area contributed by atoms with E-state index in [4.69, 9.17) is 9.47 Å². The first-order valence-corrected chi connectivity index (χ1v) is 6.98. The molecule has 1 aliphatic carbocycles. The number of rotatable bonds is 4. The fourth-order valence-electron chi connectivity index (χ4n) is 2.86. The van der Waals surface area contributed by atoms with Gasteiger partial charge in [-0.25, -0.2) is 4.39 Å². The monoisotopic (exact) mass is 287 g/mol. The molecule has 21 heavy (non-hydrogen) atoms. The fraction of sp³-hybridized carbons (Fsp3) is 0.294. The Kier molecular flexibility index (Phi) is 3.80. The average Bonchev–Trinajstić information content (AvgIpc) is 2.85. The first-order chi connectivity index (χ1) is 10.2. The van der Waals surface area contributed by atoms with Crippen LogP contribution in [0.15, 0.2) is 42.5 Å². The second-order valence-corrected chi connectivity index (χ2v) is 5.12. The van der Waals surface area contributed by atoms with E-state index in [1.54, 1.807) is 25.3 Å². The number of nitrogens with one attached hydrogen (secondary N) is 1. The Morgan fingerprint density at radius 1 is 1.19 bits per heavy atom. The van der Waals surface area contributed by atoms with Crippen LogP contribution in [0.5, 0.6) is 11.5 Å². The lowest BCUT2D eigenvalue weighted by Gasteiger charge is -2.21. The molecule has 2 atom stereocenters. The first-order valence-electron chi connectivity index (χ1n) is 6.98. The Labute approximate surface area is 123 Å². The standard InChI is InChI=1S/C17H18FNO2/c1-19-17-13-10-12(20-2)8-7-11(13)9-16(17)21-15-6-4-3-5-14(15)18/h3-8,10,16-17,19H,9H2,1-2H3. The highest BCUT2D eigenvalue weighted by molar-refractivity contribution is 5.43. The minimum Gasteiger partial charge on any atom is -0.497 e. The van der Waals surface area contributed by atoms with Crippen LogP contribution < -0.4 is 14.8 Å². The summed E-state index contributed by atoms with van der Waals surface area (Å²) in [7, 11) is 3.54. The molecule has 2 aromatic rings. The topological polar surface area (TPSA) is 30.5 Å². The van der Waals surface area contributed by atoms with E-state index in [0.717, 1.165) is 17.7 Å². The highest BCUT2D eigenvalue weighted by Crippen LogP contribution is 2.36. The van der Waals surface area contributed by atoms with Gasteiger partial charge in [-0.1, -0.05) is 18.2 Å². The number of likely N-dealkylation sites (N-methyl/N-ethyl adjacent to an activating group) is 1. The molecular weight excluding hydrogens is 269 g/mol. The van der Waals surface area contributed by atoms with Gasteiger partial charge in [0.2, 0.25) is 0 Å². The zero-order valence-electron chi connectivity index (χ0n) is 12.1. The number of halogens is 1. The third-order valence-corrected chi connectivity index (χ3v) is 3.91. The zero-order chi connectivity index (χ0) is 14.8. The van der Waals surface area contributed by atoms with Gasteiger partial charge in [0, 0.05) is 6.42 Å². The van der Waals surface area contributed by atoms with Crippen LogP contribution >= 0.6 is 0 Å². The summed E-state index contributed by atoms with van der Waals surface area (Å²) in [6.07, 6.45) is 0.619. The summed E-state index contributed by atoms with van der Waals surface area (Å²) >= 11 is 0. The molecule has 1 aliphatic rings. The minimum absolute atomic E-state index is 0.0229. The Morgan fingerprint density at radius 2 is 2.00 bits per heavy atom. The van der Waals surface area contributed by atoms with Gasteiger partial charge >= 0.3 is 0 Å². The highest BCUT2D eigenvalue weighted by atomic mass is 19.1. The van der Waals surface area contributed by atoms with E-state index < -0.39 is 0 Å². The summed E-state index contributed by atoms with van der Waals surface area (Å²) in [5, 5.41) is 3.26. The maximum atomic E-state index is 13.8. The minimum atomic E-state index is -0.333. The lowest BCUT2D eigenvalue weighted by molar-refractivity contribution is 0.164. The van der Waals surface area contributed by atoms with E-state index >= 15 is 0 Å². The summed E-state index contributed by atoms with van der Waals surface area (Å²) < 4.78 is 24.9. The molecule has 0 amide bonds. The third kappa shape index (κ3) is 2.59. The lowest BCUT2D eigenvalue weighted by Crippen LogP contribution is -2.30. The van der Waals surface area contributed by atoms with Crippen LogP contribution in [0.1, 0.15) is 17.2 Å². The number of benzene rings is 2. The van der Waals surface area contributed by atoms with Crippen LogP contribution in [0.25, 0.3) is 0 Å². The molecule has 0 fully saturated rings. The van der Waals surface area contributed by atoms with Gasteiger partial charge in [0.05, 0.1) is 13.2 Å². The number of ether oxygens (including phenoxy) is 2. The molecule has 0 aromatic heterocycles. The predicted octanol–water partition coefficient (Wildman–Crippen LogP) is 3.10. The molecule has 3 nitrogen and oxygen atoms in total.